The van der Waals surface area contributed by atoms with Gasteiger partial charge in [0.1, 0.15) is 19.0 Å². The molecule has 1 saturated heterocycles. The van der Waals surface area contributed by atoms with Gasteiger partial charge in [0, 0.05) is 18.8 Å². The minimum absolute atomic E-state index is 0.200. The van der Waals surface area contributed by atoms with Crippen LogP contribution in [-0.2, 0) is 0 Å². The summed E-state index contributed by atoms with van der Waals surface area (Å²) in [6.07, 6.45) is 19.7. The largest absolute Gasteiger partial charge is 0.489 e. The maximum absolute atomic E-state index is 12.5. The van der Waals surface area contributed by atoms with Crippen molar-refractivity contribution < 1.29 is 9.47 Å². The Kier molecular flexibility index (Phi) is 7.28. The molecule has 0 atom stereocenters. The monoisotopic (exact) mass is 420 g/mol. The molecule has 0 N–H and O–H groups in total. The number of likely N-dealkylation sites (tertiary alicyclic amines) is 1. The highest BCUT2D eigenvalue weighted by atomic mass is 16.5. The molecule has 0 saturated carbocycles. The highest BCUT2D eigenvalue weighted by molar-refractivity contribution is 5.30. The first-order valence-corrected chi connectivity index (χ1v) is 10.8. The van der Waals surface area contributed by atoms with Crippen LogP contribution in [0.2, 0.25) is 0 Å². The van der Waals surface area contributed by atoms with Crippen molar-refractivity contribution in [1.29, 1.82) is 0 Å². The third kappa shape index (κ3) is 6.15. The van der Waals surface area contributed by atoms with E-state index in [0.717, 1.165) is 31.6 Å². The van der Waals surface area contributed by atoms with Gasteiger partial charge in [-0.15, -0.1) is 0 Å². The summed E-state index contributed by atoms with van der Waals surface area (Å²) in [7, 11) is 0. The normalized spacial score (nSPS) is 16.6. The molecule has 0 amide bonds. The smallest absolute Gasteiger partial charge is 0.316 e. The van der Waals surface area contributed by atoms with E-state index in [1.54, 1.807) is 24.7 Å². The van der Waals surface area contributed by atoms with Crippen LogP contribution in [0.25, 0.3) is 5.69 Å². The summed E-state index contributed by atoms with van der Waals surface area (Å²) in [5, 5.41) is 0. The predicted molar refractivity (Wildman–Crippen MR) is 120 cm³/mol. The number of ether oxygens (including phenoxy) is 2. The standard InChI is InChI=1S/C24H28N4O3/c29-23-16-22(31-19-20-8-4-1-2-5-9-20)10-13-28(23)21-17-25-24(26-18-21)30-15-14-27-11-6-3-7-12-27/h1-2,4-5,8,10,13,16-18H,3,6-7,9,11-12,14-15,19H2. The summed E-state index contributed by atoms with van der Waals surface area (Å²) in [6.45, 7) is 4.17. The van der Waals surface area contributed by atoms with Crippen molar-refractivity contribution in [1.82, 2.24) is 19.4 Å². The lowest BCUT2D eigenvalue weighted by Gasteiger charge is -2.25. The topological polar surface area (TPSA) is 69.5 Å². The van der Waals surface area contributed by atoms with Crippen molar-refractivity contribution in [3.8, 4) is 17.4 Å². The molecule has 0 bridgehead atoms. The third-order valence-electron chi connectivity index (χ3n) is 5.37. The molecule has 31 heavy (non-hydrogen) atoms. The number of aromatic nitrogens is 3. The van der Waals surface area contributed by atoms with Crippen LogP contribution in [-0.4, -0.2) is 52.3 Å². The number of hydrogen-bond acceptors (Lipinski definition) is 6. The Morgan fingerprint density at radius 1 is 1.00 bits per heavy atom. The van der Waals surface area contributed by atoms with Gasteiger partial charge in [-0.1, -0.05) is 36.8 Å². The number of hydrogen-bond donors (Lipinski definition) is 0. The first-order valence-electron chi connectivity index (χ1n) is 10.8. The zero-order valence-corrected chi connectivity index (χ0v) is 17.7. The Labute approximate surface area is 182 Å². The van der Waals surface area contributed by atoms with Crippen molar-refractivity contribution in [3.63, 3.8) is 0 Å². The van der Waals surface area contributed by atoms with Crippen LogP contribution in [0.1, 0.15) is 25.7 Å². The van der Waals surface area contributed by atoms with E-state index in [9.17, 15) is 4.79 Å². The minimum Gasteiger partial charge on any atom is -0.489 e. The number of nitrogens with zero attached hydrogens (tertiary/aromatic N) is 4. The fourth-order valence-electron chi connectivity index (χ4n) is 3.63. The Bertz CT molecular complexity index is 1000. The van der Waals surface area contributed by atoms with Crippen molar-refractivity contribution in [2.45, 2.75) is 25.7 Å². The van der Waals surface area contributed by atoms with Gasteiger partial charge in [0.15, 0.2) is 0 Å². The van der Waals surface area contributed by atoms with Gasteiger partial charge in [-0.2, -0.15) is 0 Å². The molecule has 2 aromatic rings. The number of allylic oxidation sites excluding steroid dienone is 5. The van der Waals surface area contributed by atoms with Crippen molar-refractivity contribution in [2.75, 3.05) is 32.8 Å². The zero-order chi connectivity index (χ0) is 21.3. The first kappa shape index (κ1) is 21.1. The Balaban J connectivity index is 1.31. The molecule has 0 spiro atoms. The molecule has 4 rings (SSSR count). The second kappa shape index (κ2) is 10.7. The Morgan fingerprint density at radius 3 is 2.65 bits per heavy atom. The SMILES string of the molecule is O=c1cc(OCC2=CC=CC=CC2)ccn1-c1cnc(OCCN2CCCCC2)nc1. The van der Waals surface area contributed by atoms with Crippen LogP contribution in [0.4, 0.5) is 0 Å². The van der Waals surface area contributed by atoms with Crippen LogP contribution in [0.15, 0.2) is 71.5 Å². The predicted octanol–water partition coefficient (Wildman–Crippen LogP) is 3.31. The van der Waals surface area contributed by atoms with Gasteiger partial charge in [0.05, 0.1) is 18.1 Å². The van der Waals surface area contributed by atoms with Crippen LogP contribution in [0, 0.1) is 0 Å². The fourth-order valence-corrected chi connectivity index (χ4v) is 3.63. The number of pyridine rings is 1. The van der Waals surface area contributed by atoms with E-state index in [2.05, 4.69) is 20.9 Å². The van der Waals surface area contributed by atoms with Crippen molar-refractivity contribution >= 4 is 0 Å². The summed E-state index contributed by atoms with van der Waals surface area (Å²) in [4.78, 5) is 23.4. The van der Waals surface area contributed by atoms with Crippen LogP contribution in [0.5, 0.6) is 11.8 Å². The molecule has 0 radical (unpaired) electrons. The molecule has 1 fully saturated rings. The summed E-state index contributed by atoms with van der Waals surface area (Å²) in [5.41, 5.74) is 1.54. The van der Waals surface area contributed by atoms with Crippen LogP contribution >= 0.6 is 0 Å². The highest BCUT2D eigenvalue weighted by Gasteiger charge is 2.10. The van der Waals surface area contributed by atoms with Gasteiger partial charge in [-0.3, -0.25) is 14.3 Å². The van der Waals surface area contributed by atoms with Gasteiger partial charge in [0.25, 0.3) is 5.56 Å². The van der Waals surface area contributed by atoms with E-state index in [1.165, 1.54) is 29.9 Å². The lowest BCUT2D eigenvalue weighted by molar-refractivity contribution is 0.177. The van der Waals surface area contributed by atoms with Crippen molar-refractivity contribution in [3.05, 3.63) is 77.0 Å². The molecule has 1 aliphatic heterocycles. The van der Waals surface area contributed by atoms with E-state index < -0.39 is 0 Å². The fraction of sp³-hybridized carbons (Fsp3) is 0.375. The third-order valence-corrected chi connectivity index (χ3v) is 5.37. The van der Waals surface area contributed by atoms with E-state index in [4.69, 9.17) is 9.47 Å². The molecule has 3 heterocycles. The lowest BCUT2D eigenvalue weighted by Crippen LogP contribution is -2.33. The average molecular weight is 421 g/mol. The van der Waals surface area contributed by atoms with E-state index in [1.807, 2.05) is 24.3 Å². The molecule has 162 valence electrons. The maximum atomic E-state index is 12.5. The molecule has 1 aliphatic carbocycles. The summed E-state index contributed by atoms with van der Waals surface area (Å²) in [5.74, 6) is 0.540. The molecule has 2 aliphatic rings. The maximum Gasteiger partial charge on any atom is 0.316 e. The zero-order valence-electron chi connectivity index (χ0n) is 17.7. The molecule has 7 heteroatoms. The molecular formula is C24H28N4O3. The van der Waals surface area contributed by atoms with Gasteiger partial charge in [-0.25, -0.2) is 9.97 Å². The van der Waals surface area contributed by atoms with E-state index >= 15 is 0 Å². The van der Waals surface area contributed by atoms with Gasteiger partial charge in [-0.05, 0) is 44.0 Å². The second-order valence-electron chi connectivity index (χ2n) is 7.68. The number of rotatable bonds is 8. The first-order chi connectivity index (χ1) is 15.3. The molecule has 7 nitrogen and oxygen atoms in total. The molecule has 0 aromatic carbocycles. The van der Waals surface area contributed by atoms with Gasteiger partial charge in [0.2, 0.25) is 0 Å². The minimum atomic E-state index is -0.200. The molecular weight excluding hydrogens is 392 g/mol. The Hall–Kier alpha value is -3.19. The quantitative estimate of drug-likeness (QED) is 0.653. The highest BCUT2D eigenvalue weighted by Crippen LogP contribution is 2.14. The van der Waals surface area contributed by atoms with Crippen LogP contribution < -0.4 is 15.0 Å². The Morgan fingerprint density at radius 2 is 1.84 bits per heavy atom. The van der Waals surface area contributed by atoms with Crippen molar-refractivity contribution in [2.24, 2.45) is 0 Å². The van der Waals surface area contributed by atoms with Gasteiger partial charge < -0.3 is 9.47 Å². The van der Waals surface area contributed by atoms with Gasteiger partial charge >= 0.3 is 6.01 Å². The number of piperidine rings is 1. The molecule has 2 aromatic heterocycles. The van der Waals surface area contributed by atoms with Crippen LogP contribution in [0.3, 0.4) is 0 Å². The summed E-state index contributed by atoms with van der Waals surface area (Å²) >= 11 is 0. The van der Waals surface area contributed by atoms with E-state index in [-0.39, 0.29) is 5.56 Å². The molecule has 0 unspecified atom stereocenters. The second-order valence-corrected chi connectivity index (χ2v) is 7.68. The lowest BCUT2D eigenvalue weighted by atomic mass is 10.1. The average Bonchev–Trinajstić information content (AvgIpc) is 3.08. The van der Waals surface area contributed by atoms with E-state index in [0.29, 0.717) is 30.7 Å². The summed E-state index contributed by atoms with van der Waals surface area (Å²) < 4.78 is 12.9. The summed E-state index contributed by atoms with van der Waals surface area (Å²) in [6, 6.07) is 3.58.